The summed E-state index contributed by atoms with van der Waals surface area (Å²) in [5.74, 6) is 0.454. The molecular weight excluding hydrogens is 617 g/mol. The molecule has 2 nitrogen and oxygen atoms in total. The number of nitrogens with two attached hydrogens (primary N) is 1. The highest BCUT2D eigenvalue weighted by atomic mass is 14.9. The zero-order chi connectivity index (χ0) is 35.4. The van der Waals surface area contributed by atoms with Gasteiger partial charge in [0.05, 0.1) is 0 Å². The van der Waals surface area contributed by atoms with E-state index >= 15 is 0 Å². The van der Waals surface area contributed by atoms with E-state index in [4.69, 9.17) is 5.73 Å². The van der Waals surface area contributed by atoms with Crippen LogP contribution in [-0.4, -0.2) is 19.1 Å². The van der Waals surface area contributed by atoms with Gasteiger partial charge < -0.3 is 11.1 Å². The molecule has 5 aliphatic rings. The molecule has 0 fully saturated rings. The number of hydrogen-bond donors (Lipinski definition) is 2. The number of benzene rings is 1. The minimum Gasteiger partial charge on any atom is -0.326 e. The van der Waals surface area contributed by atoms with Crippen LogP contribution in [0, 0.1) is 5.92 Å². The third-order valence-electron chi connectivity index (χ3n) is 11.4. The van der Waals surface area contributed by atoms with Gasteiger partial charge in [0.1, 0.15) is 0 Å². The van der Waals surface area contributed by atoms with Crippen LogP contribution in [0.15, 0.2) is 154 Å². The number of nitrogens with one attached hydrogen (secondary N) is 1. The summed E-state index contributed by atoms with van der Waals surface area (Å²) in [6, 6.07) is 9.47. The van der Waals surface area contributed by atoms with Crippen molar-refractivity contribution in [2.75, 3.05) is 13.1 Å². The first-order chi connectivity index (χ1) is 25.1. The molecule has 1 aromatic carbocycles. The molecule has 0 radical (unpaired) electrons. The highest BCUT2D eigenvalue weighted by Gasteiger charge is 2.31. The van der Waals surface area contributed by atoms with Crippen molar-refractivity contribution < 1.29 is 0 Å². The van der Waals surface area contributed by atoms with Gasteiger partial charge in [0.15, 0.2) is 0 Å². The van der Waals surface area contributed by atoms with Gasteiger partial charge in [-0.05, 0) is 145 Å². The van der Waals surface area contributed by atoms with Gasteiger partial charge in [-0.2, -0.15) is 0 Å². The molecule has 6 rings (SSSR count). The monoisotopic (exact) mass is 676 g/mol. The van der Waals surface area contributed by atoms with Crippen molar-refractivity contribution in [3.8, 4) is 0 Å². The van der Waals surface area contributed by atoms with E-state index in [9.17, 15) is 0 Å². The maximum absolute atomic E-state index is 6.43. The molecule has 266 valence electrons. The van der Waals surface area contributed by atoms with Crippen LogP contribution in [0.2, 0.25) is 0 Å². The highest BCUT2D eigenvalue weighted by molar-refractivity contribution is 5.74. The molecule has 51 heavy (non-hydrogen) atoms. The molecule has 2 heteroatoms. The van der Waals surface area contributed by atoms with Crippen LogP contribution in [0.5, 0.6) is 0 Å². The third kappa shape index (κ3) is 9.09. The maximum Gasteiger partial charge on any atom is 0.0253 e. The van der Waals surface area contributed by atoms with E-state index in [0.29, 0.717) is 18.5 Å². The van der Waals surface area contributed by atoms with Gasteiger partial charge in [-0.1, -0.05) is 128 Å². The lowest BCUT2D eigenvalue weighted by Crippen LogP contribution is -2.33. The molecule has 2 atom stereocenters. The minimum atomic E-state index is 0.454. The van der Waals surface area contributed by atoms with Crippen LogP contribution < -0.4 is 21.5 Å². The van der Waals surface area contributed by atoms with Crippen molar-refractivity contribution in [1.82, 2.24) is 5.32 Å². The Morgan fingerprint density at radius 2 is 1.69 bits per heavy atom. The Hall–Kier alpha value is -3.98. The summed E-state index contributed by atoms with van der Waals surface area (Å²) in [6.07, 6.45) is 46.3. The van der Waals surface area contributed by atoms with Gasteiger partial charge in [0.2, 0.25) is 0 Å². The fourth-order valence-electron chi connectivity index (χ4n) is 8.69. The average molecular weight is 677 g/mol. The zero-order valence-electron chi connectivity index (χ0n) is 31.5. The predicted molar refractivity (Wildman–Crippen MR) is 221 cm³/mol. The Kier molecular flexibility index (Phi) is 13.3. The SMILES string of the molecule is C\C=C/C=C(/C=C/C=C(\CN)C1=c2ccccc2=C(/C(C)=C/C=C(\CNC2C=CCCC2)C2CC3=C(CCC=C3)C3=C2CCC=C3)CC1)CCC. The molecule has 0 amide bonds. The highest BCUT2D eigenvalue weighted by Crippen LogP contribution is 2.45. The number of rotatable bonds is 13. The second-order valence-electron chi connectivity index (χ2n) is 14.8. The van der Waals surface area contributed by atoms with E-state index in [0.717, 1.165) is 45.1 Å². The Bertz CT molecular complexity index is 1900. The smallest absolute Gasteiger partial charge is 0.0253 e. The van der Waals surface area contributed by atoms with E-state index in [2.05, 4.69) is 135 Å². The van der Waals surface area contributed by atoms with E-state index in [1.807, 2.05) is 0 Å². The zero-order valence-corrected chi connectivity index (χ0v) is 31.5. The summed E-state index contributed by atoms with van der Waals surface area (Å²) in [5.41, 5.74) is 21.2. The number of fused-ring (bicyclic) bond motifs is 2. The lowest BCUT2D eigenvalue weighted by Gasteiger charge is -2.36. The first kappa shape index (κ1) is 36.8. The summed E-state index contributed by atoms with van der Waals surface area (Å²) >= 11 is 0. The third-order valence-corrected chi connectivity index (χ3v) is 11.4. The van der Waals surface area contributed by atoms with Crippen LogP contribution in [-0.2, 0) is 0 Å². The first-order valence-corrected chi connectivity index (χ1v) is 19.9. The normalized spacial score (nSPS) is 23.1. The Morgan fingerprint density at radius 3 is 2.47 bits per heavy atom. The largest absolute Gasteiger partial charge is 0.326 e. The van der Waals surface area contributed by atoms with E-state index < -0.39 is 0 Å². The van der Waals surface area contributed by atoms with E-state index in [1.54, 1.807) is 22.3 Å². The molecule has 0 spiro atoms. The summed E-state index contributed by atoms with van der Waals surface area (Å²) < 4.78 is 0. The lowest BCUT2D eigenvalue weighted by molar-refractivity contribution is 0.521. The fraction of sp³-hybridized carbons (Fsp3) is 0.388. The van der Waals surface area contributed by atoms with Crippen LogP contribution in [0.3, 0.4) is 0 Å². The molecule has 0 aromatic heterocycles. The Morgan fingerprint density at radius 1 is 0.882 bits per heavy atom. The summed E-state index contributed by atoms with van der Waals surface area (Å²) in [6.45, 7) is 8.10. The van der Waals surface area contributed by atoms with Gasteiger partial charge in [-0.3, -0.25) is 0 Å². The summed E-state index contributed by atoms with van der Waals surface area (Å²) in [4.78, 5) is 0. The lowest BCUT2D eigenvalue weighted by atomic mass is 9.70. The molecule has 0 aliphatic heterocycles. The van der Waals surface area contributed by atoms with Gasteiger partial charge in [0.25, 0.3) is 0 Å². The standard InChI is InChI=1S/C49H60N2/c1-4-6-18-37(17-5-2)19-16-21-39(34-50)44-32-31-42(45-25-12-13-27-47(44)45)36(3)29-30-40(35-51-41-22-8-7-9-23-41)49-33-38-20-10-11-24-43(38)46-26-14-15-28-48(46)49/h4,6,8,10,12-14,16,18-22,25-27,29-30,41,49,51H,5,7,9,11,15,17,23-24,28,31-35,50H2,1-3H3/b6-4-,19-16+,36-29+,37-18+,39-21+,40-30+. The van der Waals surface area contributed by atoms with Gasteiger partial charge in [-0.15, -0.1) is 0 Å². The topological polar surface area (TPSA) is 38.0 Å². The average Bonchev–Trinajstić information content (AvgIpc) is 3.18. The molecule has 0 saturated heterocycles. The van der Waals surface area contributed by atoms with Crippen LogP contribution in [0.25, 0.3) is 11.1 Å². The van der Waals surface area contributed by atoms with Gasteiger partial charge in [-0.25, -0.2) is 0 Å². The van der Waals surface area contributed by atoms with Crippen molar-refractivity contribution in [2.24, 2.45) is 11.7 Å². The van der Waals surface area contributed by atoms with Crippen molar-refractivity contribution in [3.05, 3.63) is 164 Å². The molecule has 3 N–H and O–H groups in total. The number of hydrogen-bond acceptors (Lipinski definition) is 2. The summed E-state index contributed by atoms with van der Waals surface area (Å²) in [5, 5.41) is 6.67. The Balaban J connectivity index is 1.36. The summed E-state index contributed by atoms with van der Waals surface area (Å²) in [7, 11) is 0. The molecule has 5 aliphatic carbocycles. The molecule has 0 heterocycles. The second-order valence-corrected chi connectivity index (χ2v) is 14.8. The van der Waals surface area contributed by atoms with Crippen molar-refractivity contribution in [1.29, 1.82) is 0 Å². The first-order valence-electron chi connectivity index (χ1n) is 19.9. The molecular formula is C49H60N2. The minimum absolute atomic E-state index is 0.454. The molecule has 2 unspecified atom stereocenters. The van der Waals surface area contributed by atoms with Gasteiger partial charge in [0, 0.05) is 25.0 Å². The van der Waals surface area contributed by atoms with Crippen molar-refractivity contribution >= 4 is 11.1 Å². The van der Waals surface area contributed by atoms with Crippen LogP contribution in [0.1, 0.15) is 97.8 Å². The van der Waals surface area contributed by atoms with Crippen LogP contribution in [0.4, 0.5) is 0 Å². The second kappa shape index (κ2) is 18.5. The fourth-order valence-corrected chi connectivity index (χ4v) is 8.69. The van der Waals surface area contributed by atoms with E-state index in [-0.39, 0.29) is 0 Å². The predicted octanol–water partition coefficient (Wildman–Crippen LogP) is 10.4. The molecule has 0 bridgehead atoms. The van der Waals surface area contributed by atoms with E-state index in [1.165, 1.54) is 82.4 Å². The van der Waals surface area contributed by atoms with Gasteiger partial charge >= 0.3 is 0 Å². The van der Waals surface area contributed by atoms with Crippen molar-refractivity contribution in [2.45, 2.75) is 104 Å². The maximum atomic E-state index is 6.43. The molecule has 1 aromatic rings. The molecule has 0 saturated carbocycles. The number of allylic oxidation sites excluding steroid dienone is 19. The van der Waals surface area contributed by atoms with Crippen molar-refractivity contribution in [3.63, 3.8) is 0 Å². The van der Waals surface area contributed by atoms with Crippen LogP contribution >= 0.6 is 0 Å². The Labute approximate surface area is 308 Å². The quantitative estimate of drug-likeness (QED) is 0.161.